The molecule has 1 aromatic heterocycles. The molecule has 4 aromatic rings. The van der Waals surface area contributed by atoms with Crippen LogP contribution in [0.15, 0.2) is 82.7 Å². The molecule has 3 aromatic carbocycles. The van der Waals surface area contributed by atoms with Gasteiger partial charge in [-0.1, -0.05) is 62.0 Å². The van der Waals surface area contributed by atoms with Gasteiger partial charge in [0.15, 0.2) is 5.16 Å². The second-order valence-corrected chi connectivity index (χ2v) is 11.6. The van der Waals surface area contributed by atoms with Crippen molar-refractivity contribution < 1.29 is 14.3 Å². The summed E-state index contributed by atoms with van der Waals surface area (Å²) in [7, 11) is 0. The summed E-state index contributed by atoms with van der Waals surface area (Å²) in [6.07, 6.45) is 3.54. The number of fused-ring (bicyclic) bond motifs is 1. The molecule has 9 heteroatoms. The van der Waals surface area contributed by atoms with Crippen LogP contribution < -0.4 is 16.2 Å². The number of nitrogens with zero attached hydrogens (tertiary/aromatic N) is 2. The highest BCUT2D eigenvalue weighted by molar-refractivity contribution is 8.00. The summed E-state index contributed by atoms with van der Waals surface area (Å²) in [5.41, 5.74) is 3.74. The highest BCUT2D eigenvalue weighted by Crippen LogP contribution is 2.27. The van der Waals surface area contributed by atoms with E-state index >= 15 is 0 Å². The van der Waals surface area contributed by atoms with Gasteiger partial charge in [-0.25, -0.2) is 4.98 Å². The minimum atomic E-state index is -0.454. The van der Waals surface area contributed by atoms with Gasteiger partial charge in [-0.15, -0.1) is 0 Å². The Labute approximate surface area is 249 Å². The van der Waals surface area contributed by atoms with Gasteiger partial charge < -0.3 is 15.4 Å². The van der Waals surface area contributed by atoms with Gasteiger partial charge in [-0.05, 0) is 73.2 Å². The Bertz CT molecular complexity index is 1600. The lowest BCUT2D eigenvalue weighted by Crippen LogP contribution is -2.31. The van der Waals surface area contributed by atoms with Crippen molar-refractivity contribution in [2.24, 2.45) is 0 Å². The molecule has 0 unspecified atom stereocenters. The molecule has 1 saturated heterocycles. The van der Waals surface area contributed by atoms with E-state index in [9.17, 15) is 14.4 Å². The molecule has 8 nitrogen and oxygen atoms in total. The fourth-order valence-electron chi connectivity index (χ4n) is 4.93. The second kappa shape index (κ2) is 13.8. The minimum Gasteiger partial charge on any atom is -0.376 e. The Morgan fingerprint density at radius 1 is 1.02 bits per heavy atom. The van der Waals surface area contributed by atoms with Crippen LogP contribution in [0, 0.1) is 0 Å². The highest BCUT2D eigenvalue weighted by Gasteiger charge is 2.23. The zero-order valence-electron chi connectivity index (χ0n) is 24.0. The minimum absolute atomic E-state index is 0.0760. The van der Waals surface area contributed by atoms with Crippen LogP contribution in [0.4, 0.5) is 5.69 Å². The quantitative estimate of drug-likeness (QED) is 0.180. The number of para-hydroxylation sites is 1. The lowest BCUT2D eigenvalue weighted by Gasteiger charge is -2.18. The SMILES string of the molecule is CCc1ccc(NC(=O)[C@H](CC)Sc2nc3ccccc3c(=O)n2Cc2ccc(C(=O)NC[C@@H]3CCCO3)cc2)cc1. The molecule has 2 atom stereocenters. The normalized spacial score (nSPS) is 15.4. The van der Waals surface area contributed by atoms with Crippen molar-refractivity contribution in [3.05, 3.63) is 99.8 Å². The third kappa shape index (κ3) is 7.09. The molecule has 0 aliphatic carbocycles. The number of rotatable bonds is 11. The van der Waals surface area contributed by atoms with Crippen LogP contribution in [-0.4, -0.2) is 45.9 Å². The van der Waals surface area contributed by atoms with Crippen LogP contribution in [0.3, 0.4) is 0 Å². The number of anilines is 1. The summed E-state index contributed by atoms with van der Waals surface area (Å²) in [6, 6.07) is 22.3. The summed E-state index contributed by atoms with van der Waals surface area (Å²) >= 11 is 1.29. The number of aromatic nitrogens is 2. The summed E-state index contributed by atoms with van der Waals surface area (Å²) in [5, 5.41) is 6.48. The number of hydrogen-bond donors (Lipinski definition) is 2. The first-order chi connectivity index (χ1) is 20.4. The number of nitrogens with one attached hydrogen (secondary N) is 2. The Hall–Kier alpha value is -3.95. The van der Waals surface area contributed by atoms with Crippen molar-refractivity contribution in [3.63, 3.8) is 0 Å². The molecule has 0 bridgehead atoms. The molecule has 1 aliphatic heterocycles. The van der Waals surface area contributed by atoms with Crippen LogP contribution in [0.1, 0.15) is 54.6 Å². The number of ether oxygens (including phenoxy) is 1. The fourth-order valence-corrected chi connectivity index (χ4v) is 5.94. The van der Waals surface area contributed by atoms with E-state index in [1.807, 2.05) is 61.5 Å². The zero-order valence-corrected chi connectivity index (χ0v) is 24.8. The molecular formula is C33H36N4O4S. The molecule has 0 saturated carbocycles. The number of benzene rings is 3. The molecule has 0 spiro atoms. The van der Waals surface area contributed by atoms with Crippen molar-refractivity contribution in [1.29, 1.82) is 0 Å². The summed E-state index contributed by atoms with van der Waals surface area (Å²) in [4.78, 5) is 44.4. The topological polar surface area (TPSA) is 102 Å². The molecular weight excluding hydrogens is 548 g/mol. The molecule has 5 rings (SSSR count). The molecule has 2 amide bonds. The van der Waals surface area contributed by atoms with Crippen molar-refractivity contribution in [3.8, 4) is 0 Å². The lowest BCUT2D eigenvalue weighted by atomic mass is 10.1. The lowest BCUT2D eigenvalue weighted by molar-refractivity contribution is -0.115. The van der Waals surface area contributed by atoms with Crippen molar-refractivity contribution in [2.45, 2.75) is 62.6 Å². The molecule has 42 heavy (non-hydrogen) atoms. The molecule has 2 heterocycles. The summed E-state index contributed by atoms with van der Waals surface area (Å²) < 4.78 is 7.20. The van der Waals surface area contributed by atoms with Crippen LogP contribution >= 0.6 is 11.8 Å². The number of hydrogen-bond acceptors (Lipinski definition) is 6. The van der Waals surface area contributed by atoms with Gasteiger partial charge in [0.25, 0.3) is 11.5 Å². The van der Waals surface area contributed by atoms with Gasteiger partial charge in [0, 0.05) is 24.4 Å². The molecule has 218 valence electrons. The number of amides is 2. The maximum absolute atomic E-state index is 13.7. The van der Waals surface area contributed by atoms with Crippen LogP contribution in [-0.2, 0) is 22.5 Å². The Kier molecular flexibility index (Phi) is 9.71. The number of carbonyl (C=O) groups excluding carboxylic acids is 2. The van der Waals surface area contributed by atoms with E-state index in [-0.39, 0.29) is 30.0 Å². The monoisotopic (exact) mass is 584 g/mol. The van der Waals surface area contributed by atoms with E-state index in [0.717, 1.165) is 37.1 Å². The average molecular weight is 585 g/mol. The van der Waals surface area contributed by atoms with Crippen LogP contribution in [0.5, 0.6) is 0 Å². The highest BCUT2D eigenvalue weighted by atomic mass is 32.2. The van der Waals surface area contributed by atoms with Gasteiger partial charge in [-0.3, -0.25) is 19.0 Å². The zero-order chi connectivity index (χ0) is 29.5. The van der Waals surface area contributed by atoms with E-state index < -0.39 is 5.25 Å². The first kappa shape index (κ1) is 29.5. The summed E-state index contributed by atoms with van der Waals surface area (Å²) in [5.74, 6) is -0.293. The largest absolute Gasteiger partial charge is 0.376 e. The standard InChI is InChI=1S/C33H36N4O4S/c1-3-22-13-17-25(18-14-22)35-31(39)29(4-2)42-33-36-28-10-6-5-9-27(28)32(40)37(33)21-23-11-15-24(16-12-23)30(38)34-20-26-8-7-19-41-26/h5-6,9-18,26,29H,3-4,7-8,19-21H2,1-2H3,(H,34,38)(H,35,39)/t26-,29-/m0/s1. The van der Waals surface area contributed by atoms with Crippen LogP contribution in [0.2, 0.25) is 0 Å². The number of carbonyl (C=O) groups is 2. The third-order valence-corrected chi connectivity index (χ3v) is 8.79. The Morgan fingerprint density at radius 2 is 1.76 bits per heavy atom. The predicted molar refractivity (Wildman–Crippen MR) is 167 cm³/mol. The Balaban J connectivity index is 1.35. The molecule has 2 N–H and O–H groups in total. The van der Waals surface area contributed by atoms with E-state index in [4.69, 9.17) is 9.72 Å². The predicted octanol–water partition coefficient (Wildman–Crippen LogP) is 5.43. The Morgan fingerprint density at radius 3 is 2.45 bits per heavy atom. The first-order valence-corrected chi connectivity index (χ1v) is 15.4. The second-order valence-electron chi connectivity index (χ2n) is 10.4. The average Bonchev–Trinajstić information content (AvgIpc) is 3.55. The maximum atomic E-state index is 13.7. The van der Waals surface area contributed by atoms with E-state index in [0.29, 0.717) is 34.6 Å². The molecule has 1 aliphatic rings. The first-order valence-electron chi connectivity index (χ1n) is 14.5. The van der Waals surface area contributed by atoms with E-state index in [1.54, 1.807) is 22.8 Å². The number of aryl methyl sites for hydroxylation is 1. The van der Waals surface area contributed by atoms with E-state index in [2.05, 4.69) is 17.6 Å². The smallest absolute Gasteiger partial charge is 0.262 e. The summed E-state index contributed by atoms with van der Waals surface area (Å²) in [6.45, 7) is 5.54. The van der Waals surface area contributed by atoms with Gasteiger partial charge in [0.05, 0.1) is 28.8 Å². The van der Waals surface area contributed by atoms with Gasteiger partial charge in [0.2, 0.25) is 5.91 Å². The van der Waals surface area contributed by atoms with Gasteiger partial charge in [0.1, 0.15) is 0 Å². The van der Waals surface area contributed by atoms with E-state index in [1.165, 1.54) is 17.3 Å². The van der Waals surface area contributed by atoms with Crippen molar-refractivity contribution >= 4 is 40.2 Å². The third-order valence-electron chi connectivity index (χ3n) is 7.44. The van der Waals surface area contributed by atoms with Crippen molar-refractivity contribution in [2.75, 3.05) is 18.5 Å². The van der Waals surface area contributed by atoms with Crippen molar-refractivity contribution in [1.82, 2.24) is 14.9 Å². The fraction of sp³-hybridized carbons (Fsp3) is 0.333. The molecule has 0 radical (unpaired) electrons. The maximum Gasteiger partial charge on any atom is 0.262 e. The van der Waals surface area contributed by atoms with Gasteiger partial charge in [-0.2, -0.15) is 0 Å². The van der Waals surface area contributed by atoms with Crippen LogP contribution in [0.25, 0.3) is 10.9 Å². The van der Waals surface area contributed by atoms with Gasteiger partial charge >= 0.3 is 0 Å². The molecule has 1 fully saturated rings. The number of thioether (sulfide) groups is 1.